The lowest BCUT2D eigenvalue weighted by Gasteiger charge is -2.52. The molecule has 1 aliphatic carbocycles. The zero-order chi connectivity index (χ0) is 22.9. The van der Waals surface area contributed by atoms with Gasteiger partial charge in [-0.1, -0.05) is 36.6 Å². The van der Waals surface area contributed by atoms with Gasteiger partial charge in [0.05, 0.1) is 19.3 Å². The highest BCUT2D eigenvalue weighted by Gasteiger charge is 2.49. The molecule has 3 atom stereocenters. The highest BCUT2D eigenvalue weighted by molar-refractivity contribution is 5.93. The lowest BCUT2D eigenvalue weighted by Crippen LogP contribution is -2.56. The fourth-order valence-electron chi connectivity index (χ4n) is 5.57. The van der Waals surface area contributed by atoms with Crippen molar-refractivity contribution in [3.8, 4) is 11.5 Å². The monoisotopic (exact) mass is 438 g/mol. The number of phenols is 1. The highest BCUT2D eigenvalue weighted by Crippen LogP contribution is 2.50. The quantitative estimate of drug-likeness (QED) is 0.648. The molecule has 0 spiro atoms. The zero-order valence-corrected chi connectivity index (χ0v) is 19.2. The number of nitrogens with zero attached hydrogens (tertiary/aromatic N) is 1. The van der Waals surface area contributed by atoms with E-state index in [9.17, 15) is 15.0 Å². The number of aliphatic hydroxyl groups is 1. The van der Waals surface area contributed by atoms with Crippen molar-refractivity contribution in [2.45, 2.75) is 57.6 Å². The molecule has 4 rings (SSSR count). The lowest BCUT2D eigenvalue weighted by molar-refractivity contribution is -0.135. The predicted octanol–water partition coefficient (Wildman–Crippen LogP) is 4.32. The van der Waals surface area contributed by atoms with Crippen LogP contribution in [0.15, 0.2) is 36.4 Å². The standard InChI is InChI=1S/C26H34N2O4/c1-17-7-9-21(18(2)14-17)27-24(30)16-28-13-12-26(31)11-5-4-6-20(26)25(28)19-8-10-22(29)23(15-19)32-3/h7-10,14-15,20,25,29,31H,4-6,11-13,16H2,1-3H3,(H,27,30)/t20-,25+,26+/m0/s1. The fourth-order valence-corrected chi connectivity index (χ4v) is 5.57. The maximum absolute atomic E-state index is 13.0. The van der Waals surface area contributed by atoms with Crippen molar-refractivity contribution < 1.29 is 19.7 Å². The average molecular weight is 439 g/mol. The minimum atomic E-state index is -0.714. The summed E-state index contributed by atoms with van der Waals surface area (Å²) in [6.07, 6.45) is 4.48. The third-order valence-corrected chi connectivity index (χ3v) is 7.22. The summed E-state index contributed by atoms with van der Waals surface area (Å²) in [6, 6.07) is 11.3. The predicted molar refractivity (Wildman–Crippen MR) is 125 cm³/mol. The maximum atomic E-state index is 13.0. The number of hydrogen-bond acceptors (Lipinski definition) is 5. The number of methoxy groups -OCH3 is 1. The van der Waals surface area contributed by atoms with Gasteiger partial charge in [-0.15, -0.1) is 0 Å². The van der Waals surface area contributed by atoms with Crippen LogP contribution < -0.4 is 10.1 Å². The number of amides is 1. The summed E-state index contributed by atoms with van der Waals surface area (Å²) in [5, 5.41) is 24.6. The van der Waals surface area contributed by atoms with E-state index < -0.39 is 5.60 Å². The van der Waals surface area contributed by atoms with Crippen molar-refractivity contribution >= 4 is 11.6 Å². The summed E-state index contributed by atoms with van der Waals surface area (Å²) in [4.78, 5) is 15.2. The Balaban J connectivity index is 1.61. The Labute approximate surface area is 190 Å². The number of hydrogen-bond donors (Lipinski definition) is 3. The number of rotatable bonds is 5. The number of aryl methyl sites for hydroxylation is 2. The molecule has 1 saturated carbocycles. The molecule has 2 aliphatic rings. The van der Waals surface area contributed by atoms with E-state index in [1.165, 1.54) is 7.11 Å². The van der Waals surface area contributed by atoms with Gasteiger partial charge in [-0.2, -0.15) is 0 Å². The molecule has 1 saturated heterocycles. The van der Waals surface area contributed by atoms with Gasteiger partial charge in [-0.05, 0) is 62.4 Å². The molecule has 2 aromatic carbocycles. The molecule has 0 radical (unpaired) electrons. The van der Waals surface area contributed by atoms with Crippen LogP contribution in [-0.2, 0) is 4.79 Å². The number of nitrogens with one attached hydrogen (secondary N) is 1. The molecule has 2 fully saturated rings. The maximum Gasteiger partial charge on any atom is 0.238 e. The van der Waals surface area contributed by atoms with Crippen molar-refractivity contribution in [2.24, 2.45) is 5.92 Å². The van der Waals surface area contributed by atoms with Gasteiger partial charge in [0, 0.05) is 24.2 Å². The van der Waals surface area contributed by atoms with Crippen LogP contribution in [0.1, 0.15) is 54.8 Å². The first-order valence-electron chi connectivity index (χ1n) is 11.5. The molecule has 2 aromatic rings. The molecule has 172 valence electrons. The lowest BCUT2D eigenvalue weighted by atomic mass is 9.66. The number of ether oxygens (including phenoxy) is 1. The first kappa shape index (κ1) is 22.6. The third kappa shape index (κ3) is 4.48. The third-order valence-electron chi connectivity index (χ3n) is 7.22. The Hall–Kier alpha value is -2.57. The average Bonchev–Trinajstić information content (AvgIpc) is 2.76. The number of anilines is 1. The topological polar surface area (TPSA) is 82.0 Å². The number of aromatic hydroxyl groups is 1. The van der Waals surface area contributed by atoms with Gasteiger partial charge in [0.1, 0.15) is 0 Å². The molecule has 1 aliphatic heterocycles. The molecule has 0 unspecified atom stereocenters. The van der Waals surface area contributed by atoms with Gasteiger partial charge in [0.2, 0.25) is 5.91 Å². The van der Waals surface area contributed by atoms with E-state index in [2.05, 4.69) is 16.3 Å². The van der Waals surface area contributed by atoms with E-state index in [1.807, 2.05) is 38.1 Å². The van der Waals surface area contributed by atoms with Crippen LogP contribution in [0.4, 0.5) is 5.69 Å². The van der Waals surface area contributed by atoms with Crippen LogP contribution in [0, 0.1) is 19.8 Å². The zero-order valence-electron chi connectivity index (χ0n) is 19.2. The second-order valence-electron chi connectivity index (χ2n) is 9.42. The van der Waals surface area contributed by atoms with Gasteiger partial charge >= 0.3 is 0 Å². The Morgan fingerprint density at radius 1 is 1.19 bits per heavy atom. The van der Waals surface area contributed by atoms with Crippen LogP contribution in [0.5, 0.6) is 11.5 Å². The smallest absolute Gasteiger partial charge is 0.238 e. The van der Waals surface area contributed by atoms with Crippen LogP contribution >= 0.6 is 0 Å². The molecular formula is C26H34N2O4. The summed E-state index contributed by atoms with van der Waals surface area (Å²) < 4.78 is 5.35. The number of fused-ring (bicyclic) bond motifs is 1. The number of carbonyl (C=O) groups excluding carboxylic acids is 1. The summed E-state index contributed by atoms with van der Waals surface area (Å²) in [6.45, 7) is 4.92. The van der Waals surface area contributed by atoms with Gasteiger partial charge in [0.25, 0.3) is 0 Å². The first-order valence-corrected chi connectivity index (χ1v) is 11.5. The number of carbonyl (C=O) groups is 1. The van der Waals surface area contributed by atoms with E-state index in [4.69, 9.17) is 4.74 Å². The Kier molecular flexibility index (Phi) is 6.45. The second-order valence-corrected chi connectivity index (χ2v) is 9.42. The summed E-state index contributed by atoms with van der Waals surface area (Å²) in [5.41, 5.74) is 3.28. The first-order chi connectivity index (χ1) is 15.3. The Morgan fingerprint density at radius 3 is 2.75 bits per heavy atom. The number of likely N-dealkylation sites (tertiary alicyclic amines) is 1. The molecular weight excluding hydrogens is 404 g/mol. The Bertz CT molecular complexity index is 992. The largest absolute Gasteiger partial charge is 0.504 e. The molecule has 1 amide bonds. The number of piperidine rings is 1. The van der Waals surface area contributed by atoms with Crippen LogP contribution in [0.25, 0.3) is 0 Å². The molecule has 6 heteroatoms. The van der Waals surface area contributed by atoms with Gasteiger partial charge < -0.3 is 20.3 Å². The van der Waals surface area contributed by atoms with Crippen molar-refractivity contribution in [3.05, 3.63) is 53.1 Å². The molecule has 0 aromatic heterocycles. The molecule has 1 heterocycles. The van der Waals surface area contributed by atoms with Crippen LogP contribution in [0.3, 0.4) is 0 Å². The molecule has 0 bridgehead atoms. The van der Waals surface area contributed by atoms with Crippen molar-refractivity contribution in [1.82, 2.24) is 4.90 Å². The van der Waals surface area contributed by atoms with E-state index in [1.54, 1.807) is 6.07 Å². The SMILES string of the molecule is COc1cc([C@@H]2[C@@H]3CCCC[C@@]3(O)CCN2CC(=O)Nc2ccc(C)cc2C)ccc1O. The van der Waals surface area contributed by atoms with Gasteiger partial charge in [-0.25, -0.2) is 0 Å². The molecule has 6 nitrogen and oxygen atoms in total. The summed E-state index contributed by atoms with van der Waals surface area (Å²) in [7, 11) is 1.53. The van der Waals surface area contributed by atoms with Gasteiger partial charge in [0.15, 0.2) is 11.5 Å². The fraction of sp³-hybridized carbons (Fsp3) is 0.500. The minimum Gasteiger partial charge on any atom is -0.504 e. The molecule has 32 heavy (non-hydrogen) atoms. The van der Waals surface area contributed by atoms with Crippen molar-refractivity contribution in [1.29, 1.82) is 0 Å². The summed E-state index contributed by atoms with van der Waals surface area (Å²) in [5.74, 6) is 0.472. The van der Waals surface area contributed by atoms with Crippen molar-refractivity contribution in [2.75, 3.05) is 25.5 Å². The van der Waals surface area contributed by atoms with E-state index >= 15 is 0 Å². The van der Waals surface area contributed by atoms with Crippen molar-refractivity contribution in [3.63, 3.8) is 0 Å². The van der Waals surface area contributed by atoms with E-state index in [-0.39, 0.29) is 30.2 Å². The second kappa shape index (κ2) is 9.12. The van der Waals surface area contributed by atoms with E-state index in [0.29, 0.717) is 18.7 Å². The summed E-state index contributed by atoms with van der Waals surface area (Å²) >= 11 is 0. The number of phenolic OH excluding ortho intramolecular Hbond substituents is 1. The van der Waals surface area contributed by atoms with Crippen LogP contribution in [-0.4, -0.2) is 46.8 Å². The number of benzene rings is 2. The Morgan fingerprint density at radius 2 is 2.00 bits per heavy atom. The van der Waals surface area contributed by atoms with Crippen LogP contribution in [0.2, 0.25) is 0 Å². The van der Waals surface area contributed by atoms with Gasteiger partial charge in [-0.3, -0.25) is 9.69 Å². The normalized spacial score (nSPS) is 25.8. The van der Waals surface area contributed by atoms with E-state index in [0.717, 1.165) is 48.1 Å². The minimum absolute atomic E-state index is 0.0353. The highest BCUT2D eigenvalue weighted by atomic mass is 16.5. The molecule has 3 N–H and O–H groups in total.